The van der Waals surface area contributed by atoms with Gasteiger partial charge in [-0.05, 0) is 25.3 Å². The van der Waals surface area contributed by atoms with Crippen molar-refractivity contribution in [2.75, 3.05) is 6.26 Å². The molecule has 0 radical (unpaired) electrons. The summed E-state index contributed by atoms with van der Waals surface area (Å²) in [6.45, 7) is 1.90. The van der Waals surface area contributed by atoms with Gasteiger partial charge in [0.1, 0.15) is 6.29 Å². The molecule has 0 atom stereocenters. The molecule has 1 nitrogen and oxygen atoms in total. The first kappa shape index (κ1) is 10.1. The lowest BCUT2D eigenvalue weighted by atomic mass is 10.4. The number of carbonyl (C=O) groups is 1. The third kappa shape index (κ3) is 5.50. The standard InChI is InChI=1S/C9H10OS/c1-3-4-5-6-9(11-2)7-8-10/h3-4,7-8H,1-2H3/b4-3-,9-7-. The van der Waals surface area contributed by atoms with Crippen LogP contribution in [0, 0.1) is 11.8 Å². The molecule has 0 spiro atoms. The van der Waals surface area contributed by atoms with Gasteiger partial charge in [0, 0.05) is 0 Å². The topological polar surface area (TPSA) is 17.1 Å². The van der Waals surface area contributed by atoms with Crippen molar-refractivity contribution >= 4 is 18.0 Å². The molecule has 0 aromatic rings. The highest BCUT2D eigenvalue weighted by Crippen LogP contribution is 2.07. The van der Waals surface area contributed by atoms with Crippen LogP contribution in [0.3, 0.4) is 0 Å². The summed E-state index contributed by atoms with van der Waals surface area (Å²) in [5.74, 6) is 5.62. The van der Waals surface area contributed by atoms with Crippen LogP contribution < -0.4 is 0 Å². The van der Waals surface area contributed by atoms with Crippen molar-refractivity contribution < 1.29 is 4.79 Å². The second kappa shape index (κ2) is 7.17. The summed E-state index contributed by atoms with van der Waals surface area (Å²) in [4.78, 5) is 10.8. The van der Waals surface area contributed by atoms with Crippen molar-refractivity contribution in [3.63, 3.8) is 0 Å². The van der Waals surface area contributed by atoms with E-state index in [1.807, 2.05) is 19.3 Å². The van der Waals surface area contributed by atoms with E-state index in [4.69, 9.17) is 0 Å². The summed E-state index contributed by atoms with van der Waals surface area (Å²) in [5.41, 5.74) is 0. The van der Waals surface area contributed by atoms with E-state index >= 15 is 0 Å². The average Bonchev–Trinajstić information content (AvgIpc) is 2.03. The van der Waals surface area contributed by atoms with E-state index < -0.39 is 0 Å². The first-order chi connectivity index (χ1) is 5.35. The summed E-state index contributed by atoms with van der Waals surface area (Å²) in [5, 5.41) is 0. The van der Waals surface area contributed by atoms with Gasteiger partial charge in [-0.3, -0.25) is 4.79 Å². The van der Waals surface area contributed by atoms with Gasteiger partial charge in [-0.15, -0.1) is 11.8 Å². The van der Waals surface area contributed by atoms with Crippen LogP contribution in [-0.4, -0.2) is 12.5 Å². The highest BCUT2D eigenvalue weighted by Gasteiger charge is 1.83. The molecule has 0 bridgehead atoms. The molecular weight excluding hydrogens is 156 g/mol. The molecule has 0 unspecified atom stereocenters. The fraction of sp³-hybridized carbons (Fsp3) is 0.222. The predicted molar refractivity (Wildman–Crippen MR) is 50.3 cm³/mol. The SMILES string of the molecule is C/C=C\C#C/C(=C/C=O)SC. The maximum absolute atomic E-state index is 10.0. The first-order valence-corrected chi connectivity index (χ1v) is 4.39. The van der Waals surface area contributed by atoms with Crippen LogP contribution in [0.25, 0.3) is 0 Å². The average molecular weight is 166 g/mol. The van der Waals surface area contributed by atoms with E-state index in [0.29, 0.717) is 0 Å². The molecule has 0 fully saturated rings. The van der Waals surface area contributed by atoms with E-state index in [2.05, 4.69) is 11.8 Å². The summed E-state index contributed by atoms with van der Waals surface area (Å²) < 4.78 is 0. The minimum Gasteiger partial charge on any atom is -0.298 e. The molecule has 0 aliphatic rings. The Morgan fingerprint density at radius 1 is 1.55 bits per heavy atom. The molecule has 2 heteroatoms. The Kier molecular flexibility index (Phi) is 6.56. The molecule has 0 saturated heterocycles. The van der Waals surface area contributed by atoms with E-state index in [1.54, 1.807) is 6.08 Å². The van der Waals surface area contributed by atoms with Crippen molar-refractivity contribution in [3.05, 3.63) is 23.1 Å². The Balaban J connectivity index is 4.21. The lowest BCUT2D eigenvalue weighted by Gasteiger charge is -1.85. The normalized spacial score (nSPS) is 10.9. The van der Waals surface area contributed by atoms with Gasteiger partial charge in [0.05, 0.1) is 4.91 Å². The Bertz CT molecular complexity index is 228. The number of aldehydes is 1. The highest BCUT2D eigenvalue weighted by atomic mass is 32.2. The van der Waals surface area contributed by atoms with E-state index in [0.717, 1.165) is 11.2 Å². The first-order valence-electron chi connectivity index (χ1n) is 3.17. The smallest absolute Gasteiger partial charge is 0.144 e. The van der Waals surface area contributed by atoms with Gasteiger partial charge in [-0.1, -0.05) is 17.9 Å². The quantitative estimate of drug-likeness (QED) is 0.354. The Labute approximate surface area is 71.6 Å². The zero-order valence-corrected chi connectivity index (χ0v) is 7.44. The van der Waals surface area contributed by atoms with E-state index in [-0.39, 0.29) is 0 Å². The van der Waals surface area contributed by atoms with Crippen LogP contribution in [0.2, 0.25) is 0 Å². The van der Waals surface area contributed by atoms with Gasteiger partial charge < -0.3 is 0 Å². The molecule has 0 aromatic carbocycles. The monoisotopic (exact) mass is 166 g/mol. The highest BCUT2D eigenvalue weighted by molar-refractivity contribution is 8.02. The van der Waals surface area contributed by atoms with Crippen LogP contribution in [0.15, 0.2) is 23.1 Å². The summed E-state index contributed by atoms with van der Waals surface area (Å²) >= 11 is 1.47. The van der Waals surface area contributed by atoms with Gasteiger partial charge >= 0.3 is 0 Å². The molecular formula is C9H10OS. The van der Waals surface area contributed by atoms with Crippen LogP contribution in [0.4, 0.5) is 0 Å². The van der Waals surface area contributed by atoms with Crippen molar-refractivity contribution in [2.45, 2.75) is 6.92 Å². The third-order valence-corrected chi connectivity index (χ3v) is 1.56. The van der Waals surface area contributed by atoms with Gasteiger partial charge in [0.25, 0.3) is 0 Å². The molecule has 0 N–H and O–H groups in total. The van der Waals surface area contributed by atoms with Crippen molar-refractivity contribution in [2.24, 2.45) is 0 Å². The van der Waals surface area contributed by atoms with Crippen molar-refractivity contribution in [1.82, 2.24) is 0 Å². The Morgan fingerprint density at radius 2 is 2.27 bits per heavy atom. The maximum Gasteiger partial charge on any atom is 0.144 e. The Morgan fingerprint density at radius 3 is 2.73 bits per heavy atom. The van der Waals surface area contributed by atoms with Gasteiger partial charge in [0.15, 0.2) is 0 Å². The molecule has 0 heterocycles. The molecule has 58 valence electrons. The van der Waals surface area contributed by atoms with Crippen molar-refractivity contribution in [1.29, 1.82) is 0 Å². The number of thioether (sulfide) groups is 1. The molecule has 0 aliphatic carbocycles. The summed E-state index contributed by atoms with van der Waals surface area (Å²) in [6, 6.07) is 0. The lowest BCUT2D eigenvalue weighted by molar-refractivity contribution is -0.104. The largest absolute Gasteiger partial charge is 0.298 e. The van der Waals surface area contributed by atoms with Crippen LogP contribution >= 0.6 is 11.8 Å². The number of hydrogen-bond donors (Lipinski definition) is 0. The van der Waals surface area contributed by atoms with Gasteiger partial charge in [-0.25, -0.2) is 0 Å². The number of hydrogen-bond acceptors (Lipinski definition) is 2. The molecule has 0 rings (SSSR count). The van der Waals surface area contributed by atoms with E-state index in [9.17, 15) is 4.79 Å². The fourth-order valence-electron chi connectivity index (χ4n) is 0.419. The Hall–Kier alpha value is -0.940. The molecule has 0 aromatic heterocycles. The summed E-state index contributed by atoms with van der Waals surface area (Å²) in [6.07, 6.45) is 7.69. The molecule has 0 aliphatic heterocycles. The minimum absolute atomic E-state index is 0.746. The molecule has 0 saturated carbocycles. The number of rotatable bonds is 2. The third-order valence-electron chi connectivity index (χ3n) is 0.885. The maximum atomic E-state index is 10.0. The van der Waals surface area contributed by atoms with Gasteiger partial charge in [-0.2, -0.15) is 0 Å². The number of allylic oxidation sites excluding steroid dienone is 4. The van der Waals surface area contributed by atoms with Crippen LogP contribution in [0.1, 0.15) is 6.92 Å². The minimum atomic E-state index is 0.746. The predicted octanol–water partition coefficient (Wildman–Crippen LogP) is 2.01. The molecule has 0 amide bonds. The lowest BCUT2D eigenvalue weighted by Crippen LogP contribution is -1.70. The zero-order chi connectivity index (χ0) is 8.53. The van der Waals surface area contributed by atoms with E-state index in [1.165, 1.54) is 17.8 Å². The summed E-state index contributed by atoms with van der Waals surface area (Å²) in [7, 11) is 0. The van der Waals surface area contributed by atoms with Crippen molar-refractivity contribution in [3.8, 4) is 11.8 Å². The van der Waals surface area contributed by atoms with Gasteiger partial charge in [0.2, 0.25) is 0 Å². The second-order valence-electron chi connectivity index (χ2n) is 1.64. The second-order valence-corrected chi connectivity index (χ2v) is 2.49. The zero-order valence-electron chi connectivity index (χ0n) is 6.63. The van der Waals surface area contributed by atoms with Crippen LogP contribution in [-0.2, 0) is 4.79 Å². The number of carbonyl (C=O) groups excluding carboxylic acids is 1. The van der Waals surface area contributed by atoms with Crippen LogP contribution in [0.5, 0.6) is 0 Å². The molecule has 11 heavy (non-hydrogen) atoms. The fourth-order valence-corrected chi connectivity index (χ4v) is 0.771.